The molecule has 8 heteroatoms. The average Bonchev–Trinajstić information content (AvgIpc) is 3.37. The third kappa shape index (κ3) is 4.89. The van der Waals surface area contributed by atoms with E-state index in [1.165, 1.54) is 0 Å². The Hall–Kier alpha value is -4.30. The second-order valence-electron chi connectivity index (χ2n) is 8.26. The summed E-state index contributed by atoms with van der Waals surface area (Å²) in [5, 5.41) is 3.22. The van der Waals surface area contributed by atoms with Crippen LogP contribution in [0.15, 0.2) is 90.0 Å². The standard InChI is InChI=1S/C28H23N3O4S/c1-35-22-13-11-21(12-14-22)29-26(32)18-31-27(33)25(36-28(31)34)15-20-17-30(16-19-7-3-2-4-8-19)24-10-6-5-9-23(20)24/h2-15,17H,16,18H2,1H3,(H,29,32)/b25-15+. The maximum atomic E-state index is 13.0. The molecule has 0 aliphatic carbocycles. The number of fused-ring (bicyclic) bond motifs is 1. The molecule has 0 atom stereocenters. The van der Waals surface area contributed by atoms with Gasteiger partial charge in [-0.05, 0) is 53.7 Å². The van der Waals surface area contributed by atoms with Crippen molar-refractivity contribution >= 4 is 51.5 Å². The van der Waals surface area contributed by atoms with Crippen molar-refractivity contribution in [2.24, 2.45) is 0 Å². The highest BCUT2D eigenvalue weighted by atomic mass is 32.2. The lowest BCUT2D eigenvalue weighted by atomic mass is 10.1. The molecule has 1 aliphatic rings. The minimum absolute atomic E-state index is 0.292. The Kier molecular flexibility index (Phi) is 6.60. The van der Waals surface area contributed by atoms with Crippen molar-refractivity contribution in [3.05, 3.63) is 101 Å². The monoisotopic (exact) mass is 497 g/mol. The number of carbonyl (C=O) groups is 3. The second-order valence-corrected chi connectivity index (χ2v) is 9.25. The summed E-state index contributed by atoms with van der Waals surface area (Å²) < 4.78 is 7.24. The number of rotatable bonds is 7. The molecule has 0 unspecified atom stereocenters. The van der Waals surface area contributed by atoms with Crippen LogP contribution in [0.4, 0.5) is 10.5 Å². The van der Waals surface area contributed by atoms with Gasteiger partial charge in [-0.15, -0.1) is 0 Å². The first-order valence-electron chi connectivity index (χ1n) is 11.3. The third-order valence-electron chi connectivity index (χ3n) is 5.85. The molecule has 180 valence electrons. The summed E-state index contributed by atoms with van der Waals surface area (Å²) in [7, 11) is 1.56. The molecule has 7 nitrogen and oxygen atoms in total. The van der Waals surface area contributed by atoms with Gasteiger partial charge in [0.25, 0.3) is 11.1 Å². The van der Waals surface area contributed by atoms with Crippen LogP contribution in [-0.2, 0) is 16.1 Å². The van der Waals surface area contributed by atoms with Crippen LogP contribution in [0, 0.1) is 0 Å². The number of imide groups is 1. The van der Waals surface area contributed by atoms with Gasteiger partial charge in [0.2, 0.25) is 5.91 Å². The minimum Gasteiger partial charge on any atom is -0.497 e. The van der Waals surface area contributed by atoms with E-state index >= 15 is 0 Å². The van der Waals surface area contributed by atoms with Crippen molar-refractivity contribution in [2.45, 2.75) is 6.54 Å². The van der Waals surface area contributed by atoms with Gasteiger partial charge in [0.15, 0.2) is 0 Å². The number of benzene rings is 3. The summed E-state index contributed by atoms with van der Waals surface area (Å²) in [5.74, 6) is -0.271. The number of para-hydroxylation sites is 1. The second kappa shape index (κ2) is 10.1. The van der Waals surface area contributed by atoms with E-state index in [2.05, 4.69) is 22.0 Å². The Balaban J connectivity index is 1.34. The predicted octanol–water partition coefficient (Wildman–Crippen LogP) is 5.37. The summed E-state index contributed by atoms with van der Waals surface area (Å²) in [6.45, 7) is 0.325. The first-order valence-corrected chi connectivity index (χ1v) is 12.1. The quantitative estimate of drug-likeness (QED) is 0.347. The molecule has 0 radical (unpaired) electrons. The molecule has 0 spiro atoms. The van der Waals surface area contributed by atoms with E-state index in [9.17, 15) is 14.4 Å². The van der Waals surface area contributed by atoms with Gasteiger partial charge in [0.1, 0.15) is 12.3 Å². The minimum atomic E-state index is -0.477. The maximum absolute atomic E-state index is 13.0. The first-order chi connectivity index (χ1) is 17.5. The Labute approximate surface area is 212 Å². The molecule has 0 bridgehead atoms. The van der Waals surface area contributed by atoms with E-state index in [1.54, 1.807) is 37.5 Å². The predicted molar refractivity (Wildman–Crippen MR) is 142 cm³/mol. The van der Waals surface area contributed by atoms with Crippen molar-refractivity contribution in [2.75, 3.05) is 19.0 Å². The lowest BCUT2D eigenvalue weighted by Crippen LogP contribution is -2.36. The zero-order chi connectivity index (χ0) is 25.1. The number of aromatic nitrogens is 1. The van der Waals surface area contributed by atoms with Gasteiger partial charge in [0, 0.05) is 34.9 Å². The van der Waals surface area contributed by atoms with Crippen LogP contribution in [0.2, 0.25) is 0 Å². The van der Waals surface area contributed by atoms with E-state index in [4.69, 9.17) is 4.74 Å². The summed E-state index contributed by atoms with van der Waals surface area (Å²) in [5.41, 5.74) is 3.59. The van der Waals surface area contributed by atoms with Crippen molar-refractivity contribution in [1.82, 2.24) is 9.47 Å². The molecular weight excluding hydrogens is 474 g/mol. The maximum Gasteiger partial charge on any atom is 0.294 e. The summed E-state index contributed by atoms with van der Waals surface area (Å²) >= 11 is 0.844. The van der Waals surface area contributed by atoms with E-state index in [1.807, 2.05) is 48.7 Å². The summed E-state index contributed by atoms with van der Waals surface area (Å²) in [6.07, 6.45) is 3.72. The molecule has 5 rings (SSSR count). The van der Waals surface area contributed by atoms with Crippen LogP contribution in [0.3, 0.4) is 0 Å². The Morgan fingerprint density at radius 2 is 1.69 bits per heavy atom. The molecule has 3 amide bonds. The van der Waals surface area contributed by atoms with Gasteiger partial charge < -0.3 is 14.6 Å². The Morgan fingerprint density at radius 1 is 0.972 bits per heavy atom. The molecule has 1 saturated heterocycles. The highest BCUT2D eigenvalue weighted by Crippen LogP contribution is 2.34. The molecule has 1 fully saturated rings. The molecule has 3 aromatic carbocycles. The van der Waals surface area contributed by atoms with Gasteiger partial charge in [0.05, 0.1) is 12.0 Å². The topological polar surface area (TPSA) is 80.6 Å². The van der Waals surface area contributed by atoms with Crippen molar-refractivity contribution in [1.29, 1.82) is 0 Å². The number of amides is 3. The third-order valence-corrected chi connectivity index (χ3v) is 6.76. The van der Waals surface area contributed by atoms with E-state index in [0.29, 0.717) is 22.9 Å². The van der Waals surface area contributed by atoms with Crippen LogP contribution in [0.1, 0.15) is 11.1 Å². The number of nitrogens with one attached hydrogen (secondary N) is 1. The largest absolute Gasteiger partial charge is 0.497 e. The molecule has 1 N–H and O–H groups in total. The molecule has 1 aromatic heterocycles. The van der Waals surface area contributed by atoms with Crippen LogP contribution in [0.5, 0.6) is 5.75 Å². The number of nitrogens with zero attached hydrogens (tertiary/aromatic N) is 2. The normalized spacial score (nSPS) is 14.6. The van der Waals surface area contributed by atoms with Gasteiger partial charge in [-0.25, -0.2) is 0 Å². The number of carbonyl (C=O) groups excluding carboxylic acids is 3. The van der Waals surface area contributed by atoms with Gasteiger partial charge in [-0.2, -0.15) is 0 Å². The van der Waals surface area contributed by atoms with Gasteiger partial charge in [-0.3, -0.25) is 19.3 Å². The van der Waals surface area contributed by atoms with E-state index < -0.39 is 17.1 Å². The molecule has 36 heavy (non-hydrogen) atoms. The zero-order valence-electron chi connectivity index (χ0n) is 19.5. The number of anilines is 1. The van der Waals surface area contributed by atoms with Crippen molar-refractivity contribution in [3.63, 3.8) is 0 Å². The van der Waals surface area contributed by atoms with Crippen molar-refractivity contribution < 1.29 is 19.1 Å². The number of ether oxygens (including phenoxy) is 1. The zero-order valence-corrected chi connectivity index (χ0v) is 20.3. The molecule has 2 heterocycles. The Bertz CT molecular complexity index is 1480. The molecule has 4 aromatic rings. The number of hydrogen-bond donors (Lipinski definition) is 1. The fraction of sp³-hybridized carbons (Fsp3) is 0.107. The summed E-state index contributed by atoms with van der Waals surface area (Å²) in [4.78, 5) is 39.4. The van der Waals surface area contributed by atoms with Gasteiger partial charge >= 0.3 is 0 Å². The van der Waals surface area contributed by atoms with Crippen LogP contribution < -0.4 is 10.1 Å². The number of thioether (sulfide) groups is 1. The fourth-order valence-corrected chi connectivity index (χ4v) is 4.93. The Morgan fingerprint density at radius 3 is 2.44 bits per heavy atom. The van der Waals surface area contributed by atoms with E-state index in [-0.39, 0.29) is 6.54 Å². The van der Waals surface area contributed by atoms with Crippen LogP contribution in [-0.4, -0.2) is 40.2 Å². The van der Waals surface area contributed by atoms with Crippen molar-refractivity contribution in [3.8, 4) is 5.75 Å². The molecule has 1 aliphatic heterocycles. The lowest BCUT2D eigenvalue weighted by Gasteiger charge is -2.12. The highest BCUT2D eigenvalue weighted by molar-refractivity contribution is 8.18. The SMILES string of the molecule is COc1ccc(NC(=O)CN2C(=O)S/C(=C/c3cn(Cc4ccccc4)c4ccccc34)C2=O)cc1. The number of methoxy groups -OCH3 is 1. The van der Waals surface area contributed by atoms with Gasteiger partial charge in [-0.1, -0.05) is 48.5 Å². The smallest absolute Gasteiger partial charge is 0.294 e. The number of hydrogen-bond acceptors (Lipinski definition) is 5. The molecule has 0 saturated carbocycles. The molecular formula is C28H23N3O4S. The van der Waals surface area contributed by atoms with E-state index in [0.717, 1.165) is 38.7 Å². The first kappa shape index (κ1) is 23.4. The summed E-state index contributed by atoms with van der Waals surface area (Å²) in [6, 6.07) is 24.9. The fourth-order valence-electron chi connectivity index (χ4n) is 4.10. The highest BCUT2D eigenvalue weighted by Gasteiger charge is 2.36. The lowest BCUT2D eigenvalue weighted by molar-refractivity contribution is -0.127. The average molecular weight is 498 g/mol. The van der Waals surface area contributed by atoms with Crippen LogP contribution in [0.25, 0.3) is 17.0 Å². The van der Waals surface area contributed by atoms with Crippen LogP contribution >= 0.6 is 11.8 Å².